The summed E-state index contributed by atoms with van der Waals surface area (Å²) in [6.07, 6.45) is 11.4. The van der Waals surface area contributed by atoms with Crippen LogP contribution in [0, 0.1) is 17.3 Å². The third-order valence-corrected chi connectivity index (χ3v) is 7.53. The first-order valence-electron chi connectivity index (χ1n) is 11.0. The molecular weight excluding hydrogens is 340 g/mol. The van der Waals surface area contributed by atoms with Crippen LogP contribution in [0.2, 0.25) is 0 Å². The van der Waals surface area contributed by atoms with Crippen LogP contribution in [0.3, 0.4) is 0 Å². The molecule has 0 N–H and O–H groups in total. The smallest absolute Gasteiger partial charge is 0.333 e. The average molecular weight is 377 g/mol. The monoisotopic (exact) mass is 376 g/mol. The van der Waals surface area contributed by atoms with Crippen molar-refractivity contribution in [3.63, 3.8) is 0 Å². The SMILES string of the molecule is C=C(C)C(=O)OC12CC3CC(CC(OCCC4(CCCC)COC4)(C3)C1)C2. The van der Waals surface area contributed by atoms with Crippen LogP contribution in [0.15, 0.2) is 12.2 Å². The normalized spacial score (nSPS) is 38.4. The second kappa shape index (κ2) is 7.18. The summed E-state index contributed by atoms with van der Waals surface area (Å²) in [5.41, 5.74) is 0.474. The van der Waals surface area contributed by atoms with Crippen molar-refractivity contribution >= 4 is 5.97 Å². The number of ether oxygens (including phenoxy) is 3. The third-order valence-electron chi connectivity index (χ3n) is 7.53. The van der Waals surface area contributed by atoms with Gasteiger partial charge in [0.1, 0.15) is 5.60 Å². The Hall–Kier alpha value is -0.870. The maximum Gasteiger partial charge on any atom is 0.333 e. The van der Waals surface area contributed by atoms with Crippen LogP contribution in [0.5, 0.6) is 0 Å². The molecule has 4 heteroatoms. The van der Waals surface area contributed by atoms with Crippen LogP contribution in [-0.2, 0) is 19.0 Å². The number of unbranched alkanes of at least 4 members (excludes halogenated alkanes) is 1. The summed E-state index contributed by atoms with van der Waals surface area (Å²) in [7, 11) is 0. The lowest BCUT2D eigenvalue weighted by Crippen LogP contribution is -2.61. The molecule has 0 aromatic carbocycles. The summed E-state index contributed by atoms with van der Waals surface area (Å²) >= 11 is 0. The van der Waals surface area contributed by atoms with Gasteiger partial charge in [0.2, 0.25) is 0 Å². The zero-order valence-electron chi connectivity index (χ0n) is 17.2. The molecule has 0 radical (unpaired) electrons. The van der Waals surface area contributed by atoms with E-state index in [4.69, 9.17) is 14.2 Å². The highest BCUT2D eigenvalue weighted by atomic mass is 16.6. The van der Waals surface area contributed by atoms with Gasteiger partial charge in [-0.15, -0.1) is 0 Å². The van der Waals surface area contributed by atoms with E-state index < -0.39 is 0 Å². The third kappa shape index (κ3) is 3.85. The molecule has 0 aromatic rings. The quantitative estimate of drug-likeness (QED) is 0.428. The lowest BCUT2D eigenvalue weighted by molar-refractivity contribution is -0.236. The first-order chi connectivity index (χ1) is 12.9. The molecule has 27 heavy (non-hydrogen) atoms. The first-order valence-corrected chi connectivity index (χ1v) is 11.0. The van der Waals surface area contributed by atoms with Crippen LogP contribution in [-0.4, -0.2) is 37.0 Å². The Morgan fingerprint density at radius 2 is 1.78 bits per heavy atom. The number of carbonyl (C=O) groups is 1. The van der Waals surface area contributed by atoms with Gasteiger partial charge in [-0.05, 0) is 63.7 Å². The Morgan fingerprint density at radius 3 is 2.33 bits per heavy atom. The highest BCUT2D eigenvalue weighted by molar-refractivity contribution is 5.87. The molecule has 1 heterocycles. The topological polar surface area (TPSA) is 44.8 Å². The summed E-state index contributed by atoms with van der Waals surface area (Å²) in [6.45, 7) is 10.4. The summed E-state index contributed by atoms with van der Waals surface area (Å²) in [4.78, 5) is 12.2. The molecule has 0 spiro atoms. The number of hydrogen-bond acceptors (Lipinski definition) is 4. The van der Waals surface area contributed by atoms with E-state index in [1.54, 1.807) is 6.92 Å². The van der Waals surface area contributed by atoms with E-state index in [0.29, 0.717) is 22.8 Å². The number of hydrogen-bond donors (Lipinski definition) is 0. The summed E-state index contributed by atoms with van der Waals surface area (Å²) in [5, 5.41) is 0. The molecule has 4 aliphatic carbocycles. The van der Waals surface area contributed by atoms with Crippen molar-refractivity contribution in [1.29, 1.82) is 0 Å². The van der Waals surface area contributed by atoms with Gasteiger partial charge in [-0.1, -0.05) is 26.3 Å². The molecule has 1 aliphatic heterocycles. The largest absolute Gasteiger partial charge is 0.456 e. The fourth-order valence-electron chi connectivity index (χ4n) is 6.51. The van der Waals surface area contributed by atoms with Crippen molar-refractivity contribution in [2.24, 2.45) is 17.3 Å². The fraction of sp³-hybridized carbons (Fsp3) is 0.870. The van der Waals surface area contributed by atoms with Gasteiger partial charge in [0, 0.05) is 24.0 Å². The second-order valence-electron chi connectivity index (χ2n) is 10.2. The number of esters is 1. The Labute approximate surface area is 164 Å². The highest BCUT2D eigenvalue weighted by Gasteiger charge is 2.60. The van der Waals surface area contributed by atoms with Crippen LogP contribution < -0.4 is 0 Å². The van der Waals surface area contributed by atoms with E-state index in [1.807, 2.05) is 0 Å². The molecule has 0 aromatic heterocycles. The van der Waals surface area contributed by atoms with E-state index in [-0.39, 0.29) is 17.2 Å². The van der Waals surface area contributed by atoms with Crippen molar-refractivity contribution < 1.29 is 19.0 Å². The van der Waals surface area contributed by atoms with E-state index in [9.17, 15) is 4.79 Å². The van der Waals surface area contributed by atoms with Crippen LogP contribution in [0.25, 0.3) is 0 Å². The molecular formula is C23H36O4. The van der Waals surface area contributed by atoms with E-state index in [0.717, 1.165) is 58.3 Å². The molecule has 4 bridgehead atoms. The molecule has 4 saturated carbocycles. The van der Waals surface area contributed by atoms with Gasteiger partial charge in [-0.3, -0.25) is 0 Å². The van der Waals surface area contributed by atoms with Gasteiger partial charge in [0.05, 0.1) is 18.8 Å². The Kier molecular flexibility index (Phi) is 5.17. The zero-order valence-corrected chi connectivity index (χ0v) is 17.2. The van der Waals surface area contributed by atoms with Gasteiger partial charge < -0.3 is 14.2 Å². The lowest BCUT2D eigenvalue weighted by Gasteiger charge is -2.60. The second-order valence-corrected chi connectivity index (χ2v) is 10.2. The summed E-state index contributed by atoms with van der Waals surface area (Å²) < 4.78 is 18.2. The van der Waals surface area contributed by atoms with Gasteiger partial charge in [0.25, 0.3) is 0 Å². The van der Waals surface area contributed by atoms with Crippen molar-refractivity contribution in [3.05, 3.63) is 12.2 Å². The Bertz CT molecular complexity index is 577. The van der Waals surface area contributed by atoms with E-state index in [2.05, 4.69) is 13.5 Å². The highest BCUT2D eigenvalue weighted by Crippen LogP contribution is 2.60. The zero-order chi connectivity index (χ0) is 19.1. The molecule has 4 nitrogen and oxygen atoms in total. The van der Waals surface area contributed by atoms with Crippen molar-refractivity contribution in [2.75, 3.05) is 19.8 Å². The maximum atomic E-state index is 12.2. The van der Waals surface area contributed by atoms with Crippen molar-refractivity contribution in [1.82, 2.24) is 0 Å². The predicted molar refractivity (Wildman–Crippen MR) is 104 cm³/mol. The van der Waals surface area contributed by atoms with E-state index in [1.165, 1.54) is 25.7 Å². The average Bonchev–Trinajstić information content (AvgIpc) is 2.54. The number of rotatable bonds is 9. The molecule has 152 valence electrons. The van der Waals surface area contributed by atoms with Gasteiger partial charge in [-0.25, -0.2) is 4.79 Å². The molecule has 5 aliphatic rings. The minimum atomic E-state index is -0.306. The number of carbonyl (C=O) groups excluding carboxylic acids is 1. The Balaban J connectivity index is 1.39. The van der Waals surface area contributed by atoms with Crippen LogP contribution >= 0.6 is 0 Å². The Morgan fingerprint density at radius 1 is 1.11 bits per heavy atom. The predicted octanol–water partition coefficient (Wildman–Crippen LogP) is 4.81. The molecule has 5 fully saturated rings. The summed E-state index contributed by atoms with van der Waals surface area (Å²) in [5.74, 6) is 1.06. The molecule has 0 amide bonds. The fourth-order valence-corrected chi connectivity index (χ4v) is 6.51. The van der Waals surface area contributed by atoms with Gasteiger partial charge >= 0.3 is 5.97 Å². The van der Waals surface area contributed by atoms with Crippen molar-refractivity contribution in [3.8, 4) is 0 Å². The molecule has 1 saturated heterocycles. The minimum absolute atomic E-state index is 0.0734. The molecule has 2 unspecified atom stereocenters. The standard InChI is InChI=1S/C23H36O4/c1-4-5-6-21(15-25-16-21)7-8-26-22-10-18-9-19(11-22)13-23(12-18,14-22)27-20(24)17(2)3/h18-19H,2,4-16H2,1,3H3. The summed E-state index contributed by atoms with van der Waals surface area (Å²) in [6, 6.07) is 0. The lowest BCUT2D eigenvalue weighted by atomic mass is 9.52. The molecule has 2 atom stereocenters. The van der Waals surface area contributed by atoms with Crippen molar-refractivity contribution in [2.45, 2.75) is 89.3 Å². The van der Waals surface area contributed by atoms with Gasteiger partial charge in [0.15, 0.2) is 0 Å². The van der Waals surface area contributed by atoms with Gasteiger partial charge in [-0.2, -0.15) is 0 Å². The maximum absolute atomic E-state index is 12.2. The molecule has 5 rings (SSSR count). The van der Waals surface area contributed by atoms with E-state index >= 15 is 0 Å². The minimum Gasteiger partial charge on any atom is -0.456 e. The van der Waals surface area contributed by atoms with Crippen LogP contribution in [0.1, 0.15) is 78.1 Å². The van der Waals surface area contributed by atoms with Crippen LogP contribution in [0.4, 0.5) is 0 Å². The first kappa shape index (κ1) is 19.4.